The maximum atomic E-state index is 3.88. The van der Waals surface area contributed by atoms with Crippen molar-refractivity contribution in [3.05, 3.63) is 12.3 Å². The molecule has 2 heteroatoms. The summed E-state index contributed by atoms with van der Waals surface area (Å²) in [5.74, 6) is 1.71. The van der Waals surface area contributed by atoms with E-state index in [0.717, 1.165) is 11.6 Å². The van der Waals surface area contributed by atoms with Gasteiger partial charge in [-0.05, 0) is 37.3 Å². The van der Waals surface area contributed by atoms with E-state index in [1.807, 2.05) is 6.92 Å². The summed E-state index contributed by atoms with van der Waals surface area (Å²) in [5.41, 5.74) is 1.12. The Bertz CT molecular complexity index is 148. The Balaban J connectivity index is 2.21. The molecule has 68 valence electrons. The van der Waals surface area contributed by atoms with Crippen molar-refractivity contribution in [3.63, 3.8) is 0 Å². The van der Waals surface area contributed by atoms with Crippen LogP contribution in [0.4, 0.5) is 0 Å². The lowest BCUT2D eigenvalue weighted by Gasteiger charge is -2.28. The molecule has 2 atom stereocenters. The van der Waals surface area contributed by atoms with E-state index in [2.05, 4.69) is 18.8 Å². The highest BCUT2D eigenvalue weighted by Gasteiger charge is 2.20. The van der Waals surface area contributed by atoms with Crippen LogP contribution < -0.4 is 5.32 Å². The summed E-state index contributed by atoms with van der Waals surface area (Å²) in [6, 6.07) is 0. The van der Waals surface area contributed by atoms with Gasteiger partial charge in [-0.15, -0.1) is 0 Å². The third-order valence-electron chi connectivity index (χ3n) is 2.87. The van der Waals surface area contributed by atoms with Crippen LogP contribution in [0.2, 0.25) is 6.32 Å². The average molecular weight is 165 g/mol. The third-order valence-corrected chi connectivity index (χ3v) is 2.87. The van der Waals surface area contributed by atoms with Gasteiger partial charge in [0.25, 0.3) is 0 Å². The first kappa shape index (κ1) is 9.69. The molecular formula is C10H20BN. The summed E-state index contributed by atoms with van der Waals surface area (Å²) in [4.78, 5) is 0. The molecule has 1 N–H and O–H groups in total. The molecule has 0 aromatic heterocycles. The van der Waals surface area contributed by atoms with Crippen LogP contribution in [0.5, 0.6) is 0 Å². The van der Waals surface area contributed by atoms with Gasteiger partial charge in [-0.1, -0.05) is 26.2 Å². The van der Waals surface area contributed by atoms with Gasteiger partial charge in [-0.3, -0.25) is 0 Å². The van der Waals surface area contributed by atoms with Gasteiger partial charge in [0.2, 0.25) is 0 Å². The molecule has 2 unspecified atom stereocenters. The van der Waals surface area contributed by atoms with Crippen molar-refractivity contribution in [1.82, 2.24) is 5.32 Å². The first-order chi connectivity index (χ1) is 5.72. The van der Waals surface area contributed by atoms with E-state index >= 15 is 0 Å². The highest BCUT2D eigenvalue weighted by Crippen LogP contribution is 2.22. The second kappa shape index (κ2) is 4.59. The van der Waals surface area contributed by atoms with Crippen LogP contribution >= 0.6 is 0 Å². The van der Waals surface area contributed by atoms with Crippen molar-refractivity contribution >= 4 is 7.28 Å². The van der Waals surface area contributed by atoms with Crippen molar-refractivity contribution in [3.8, 4) is 0 Å². The topological polar surface area (TPSA) is 12.0 Å². The van der Waals surface area contributed by atoms with Gasteiger partial charge in [0.05, 0.1) is 0 Å². The van der Waals surface area contributed by atoms with E-state index in [0.29, 0.717) is 5.94 Å². The maximum Gasteiger partial charge on any atom is 0.149 e. The maximum absolute atomic E-state index is 3.88. The number of hydrogen-bond acceptors (Lipinski definition) is 1. The summed E-state index contributed by atoms with van der Waals surface area (Å²) in [7, 11) is 1.34. The molecule has 0 aromatic carbocycles. The minimum Gasteiger partial charge on any atom is -0.394 e. The number of allylic oxidation sites excluding steroid dienone is 1. The van der Waals surface area contributed by atoms with E-state index in [9.17, 15) is 0 Å². The second-order valence-corrected chi connectivity index (χ2v) is 4.05. The highest BCUT2D eigenvalue weighted by molar-refractivity contribution is 6.38. The van der Waals surface area contributed by atoms with E-state index < -0.39 is 0 Å². The predicted octanol–water partition coefficient (Wildman–Crippen LogP) is 2.11. The van der Waals surface area contributed by atoms with Crippen molar-refractivity contribution in [2.45, 2.75) is 45.4 Å². The molecule has 0 saturated carbocycles. The van der Waals surface area contributed by atoms with Crippen molar-refractivity contribution in [2.75, 3.05) is 0 Å². The molecule has 0 bridgehead atoms. The van der Waals surface area contributed by atoms with Crippen LogP contribution in [0.25, 0.3) is 0 Å². The van der Waals surface area contributed by atoms with Gasteiger partial charge in [0, 0.05) is 0 Å². The third kappa shape index (κ3) is 2.92. The quantitative estimate of drug-likeness (QED) is 0.631. The summed E-state index contributed by atoms with van der Waals surface area (Å²) >= 11 is 0. The molecule has 1 nitrogen and oxygen atoms in total. The van der Waals surface area contributed by atoms with E-state index in [1.165, 1.54) is 32.9 Å². The van der Waals surface area contributed by atoms with Crippen molar-refractivity contribution in [2.24, 2.45) is 5.92 Å². The molecule has 1 heterocycles. The van der Waals surface area contributed by atoms with Crippen LogP contribution in [0.1, 0.15) is 33.1 Å². The summed E-state index contributed by atoms with van der Waals surface area (Å²) in [6.07, 6.45) is 5.51. The van der Waals surface area contributed by atoms with Crippen LogP contribution in [-0.2, 0) is 0 Å². The van der Waals surface area contributed by atoms with Gasteiger partial charge < -0.3 is 5.32 Å². The van der Waals surface area contributed by atoms with Crippen molar-refractivity contribution in [1.29, 1.82) is 0 Å². The molecule has 12 heavy (non-hydrogen) atoms. The standard InChI is InChI=1S/C10H20BN/c1-4-9-5-6-10(11-7-9)12-8(2)3/h9-12H,2,4-7H2,1,3H3. The molecule has 1 aliphatic rings. The predicted molar refractivity (Wildman–Crippen MR) is 56.7 cm³/mol. The van der Waals surface area contributed by atoms with Gasteiger partial charge in [-0.2, -0.15) is 0 Å². The molecule has 0 aliphatic carbocycles. The van der Waals surface area contributed by atoms with E-state index in [4.69, 9.17) is 0 Å². The normalized spacial score (nSPS) is 29.2. The Kier molecular flexibility index (Phi) is 3.70. The fourth-order valence-electron chi connectivity index (χ4n) is 2.06. The largest absolute Gasteiger partial charge is 0.394 e. The molecule has 1 fully saturated rings. The lowest BCUT2D eigenvalue weighted by atomic mass is 9.56. The zero-order chi connectivity index (χ0) is 8.97. The van der Waals surface area contributed by atoms with Gasteiger partial charge in [0.15, 0.2) is 0 Å². The number of hydrogen-bond donors (Lipinski definition) is 1. The van der Waals surface area contributed by atoms with Crippen LogP contribution in [0.3, 0.4) is 0 Å². The highest BCUT2D eigenvalue weighted by atomic mass is 14.9. The van der Waals surface area contributed by atoms with Gasteiger partial charge in [-0.25, -0.2) is 0 Å². The fraction of sp³-hybridized carbons (Fsp3) is 0.800. The Morgan fingerprint density at radius 2 is 2.33 bits per heavy atom. The second-order valence-electron chi connectivity index (χ2n) is 4.05. The van der Waals surface area contributed by atoms with Crippen molar-refractivity contribution < 1.29 is 0 Å². The Labute approximate surface area is 76.9 Å². The Hall–Kier alpha value is -0.395. The van der Waals surface area contributed by atoms with Gasteiger partial charge in [0.1, 0.15) is 7.28 Å². The van der Waals surface area contributed by atoms with Crippen LogP contribution in [-0.4, -0.2) is 13.2 Å². The Morgan fingerprint density at radius 1 is 1.58 bits per heavy atom. The molecule has 0 radical (unpaired) electrons. The van der Waals surface area contributed by atoms with Crippen LogP contribution in [0.15, 0.2) is 12.3 Å². The summed E-state index contributed by atoms with van der Waals surface area (Å²) in [5, 5.41) is 3.43. The lowest BCUT2D eigenvalue weighted by molar-refractivity contribution is 0.445. The summed E-state index contributed by atoms with van der Waals surface area (Å²) in [6.45, 7) is 8.23. The molecular weight excluding hydrogens is 145 g/mol. The zero-order valence-corrected chi connectivity index (χ0v) is 8.40. The Morgan fingerprint density at radius 3 is 2.75 bits per heavy atom. The zero-order valence-electron chi connectivity index (χ0n) is 8.40. The molecule has 1 saturated heterocycles. The molecule has 0 aromatic rings. The molecule has 1 rings (SSSR count). The van der Waals surface area contributed by atoms with E-state index in [1.54, 1.807) is 0 Å². The lowest BCUT2D eigenvalue weighted by Crippen LogP contribution is -2.37. The smallest absolute Gasteiger partial charge is 0.149 e. The first-order valence-corrected chi connectivity index (χ1v) is 5.14. The summed E-state index contributed by atoms with van der Waals surface area (Å²) < 4.78 is 0. The van der Waals surface area contributed by atoms with Crippen LogP contribution in [0, 0.1) is 5.92 Å². The molecule has 0 amide bonds. The minimum atomic E-state index is 0.713. The fourth-order valence-corrected chi connectivity index (χ4v) is 2.06. The minimum absolute atomic E-state index is 0.713. The number of rotatable bonds is 3. The number of nitrogens with one attached hydrogen (secondary N) is 1. The average Bonchev–Trinajstić information content (AvgIpc) is 2.05. The van der Waals surface area contributed by atoms with E-state index in [-0.39, 0.29) is 0 Å². The first-order valence-electron chi connectivity index (χ1n) is 5.14. The van der Waals surface area contributed by atoms with Gasteiger partial charge >= 0.3 is 0 Å². The molecule has 1 aliphatic heterocycles. The molecule has 0 spiro atoms. The SMILES string of the molecule is C=C(C)NC1BCC(CC)CC1. The monoisotopic (exact) mass is 165 g/mol.